The highest BCUT2D eigenvalue weighted by molar-refractivity contribution is 8.15. The summed E-state index contributed by atoms with van der Waals surface area (Å²) in [4.78, 5) is 4.53. The number of nitrogens with one attached hydrogen (secondary N) is 1. The lowest BCUT2D eigenvalue weighted by molar-refractivity contribution is 0.355. The van der Waals surface area contributed by atoms with Gasteiger partial charge in [0.25, 0.3) is 0 Å². The number of hydrogen-bond acceptors (Lipinski definition) is 5. The highest BCUT2D eigenvalue weighted by Gasteiger charge is 2.19. The van der Waals surface area contributed by atoms with E-state index < -0.39 is 0 Å². The zero-order chi connectivity index (χ0) is 13.7. The molecule has 1 aromatic carbocycles. The van der Waals surface area contributed by atoms with Gasteiger partial charge in [-0.2, -0.15) is 0 Å². The SMILES string of the molecule is CCCC1CN=C(Nc2ccc(OC)c(OC)c2)S1. The van der Waals surface area contributed by atoms with Crippen LogP contribution >= 0.6 is 11.8 Å². The first kappa shape index (κ1) is 14.1. The molecule has 1 aliphatic heterocycles. The molecule has 0 spiro atoms. The van der Waals surface area contributed by atoms with E-state index in [-0.39, 0.29) is 0 Å². The van der Waals surface area contributed by atoms with Gasteiger partial charge in [0.05, 0.1) is 20.8 Å². The summed E-state index contributed by atoms with van der Waals surface area (Å²) in [7, 11) is 3.28. The topological polar surface area (TPSA) is 42.9 Å². The van der Waals surface area contributed by atoms with Crippen molar-refractivity contribution in [1.82, 2.24) is 0 Å². The Labute approximate surface area is 118 Å². The Balaban J connectivity index is 2.00. The molecule has 104 valence electrons. The van der Waals surface area contributed by atoms with Crippen LogP contribution in [-0.4, -0.2) is 31.2 Å². The van der Waals surface area contributed by atoms with Gasteiger partial charge in [0.15, 0.2) is 16.7 Å². The fourth-order valence-electron chi connectivity index (χ4n) is 2.00. The third-order valence-corrected chi connectivity index (χ3v) is 4.13. The molecule has 0 radical (unpaired) electrons. The van der Waals surface area contributed by atoms with Gasteiger partial charge in [-0.25, -0.2) is 0 Å². The van der Waals surface area contributed by atoms with E-state index in [4.69, 9.17) is 9.47 Å². The number of benzene rings is 1. The van der Waals surface area contributed by atoms with E-state index in [1.807, 2.05) is 30.0 Å². The lowest BCUT2D eigenvalue weighted by Gasteiger charge is -2.11. The summed E-state index contributed by atoms with van der Waals surface area (Å²) in [5.74, 6) is 1.46. The number of amidine groups is 1. The molecule has 0 fully saturated rings. The first-order valence-corrected chi connectivity index (χ1v) is 7.35. The lowest BCUT2D eigenvalue weighted by Crippen LogP contribution is -2.07. The van der Waals surface area contributed by atoms with Crippen molar-refractivity contribution in [2.24, 2.45) is 4.99 Å². The van der Waals surface area contributed by atoms with Crippen molar-refractivity contribution in [3.05, 3.63) is 18.2 Å². The molecule has 0 amide bonds. The Morgan fingerprint density at radius 2 is 2.11 bits per heavy atom. The first-order valence-electron chi connectivity index (χ1n) is 6.47. The number of anilines is 1. The molecule has 0 aliphatic carbocycles. The number of ether oxygens (including phenoxy) is 2. The molecular formula is C14H20N2O2S. The number of methoxy groups -OCH3 is 2. The molecule has 0 aromatic heterocycles. The number of thioether (sulfide) groups is 1. The highest BCUT2D eigenvalue weighted by atomic mass is 32.2. The molecule has 0 bridgehead atoms. The van der Waals surface area contributed by atoms with E-state index in [2.05, 4.69) is 17.2 Å². The largest absolute Gasteiger partial charge is 0.493 e. The molecule has 2 rings (SSSR count). The monoisotopic (exact) mass is 280 g/mol. The maximum Gasteiger partial charge on any atom is 0.162 e. The molecule has 1 heterocycles. The van der Waals surface area contributed by atoms with Crippen LogP contribution in [0.4, 0.5) is 5.69 Å². The van der Waals surface area contributed by atoms with Gasteiger partial charge in [-0.15, -0.1) is 0 Å². The maximum absolute atomic E-state index is 5.29. The first-order chi connectivity index (χ1) is 9.26. The van der Waals surface area contributed by atoms with Crippen molar-refractivity contribution in [3.63, 3.8) is 0 Å². The number of nitrogens with zero attached hydrogens (tertiary/aromatic N) is 1. The van der Waals surface area contributed by atoms with E-state index >= 15 is 0 Å². The van der Waals surface area contributed by atoms with Crippen molar-refractivity contribution in [2.45, 2.75) is 25.0 Å². The van der Waals surface area contributed by atoms with Crippen LogP contribution in [0.15, 0.2) is 23.2 Å². The standard InChI is InChI=1S/C14H20N2O2S/c1-4-5-11-9-15-14(19-11)16-10-6-7-12(17-2)13(8-10)18-3/h6-8,11H,4-5,9H2,1-3H3,(H,15,16). The van der Waals surface area contributed by atoms with Crippen LogP contribution in [-0.2, 0) is 0 Å². The third kappa shape index (κ3) is 3.56. The fraction of sp³-hybridized carbons (Fsp3) is 0.500. The van der Waals surface area contributed by atoms with Crippen LogP contribution in [0.2, 0.25) is 0 Å². The molecule has 1 atom stereocenters. The normalized spacial score (nSPS) is 18.1. The molecule has 1 N–H and O–H groups in total. The maximum atomic E-state index is 5.29. The second-order valence-electron chi connectivity index (χ2n) is 4.37. The number of aliphatic imine (C=N–C) groups is 1. The van der Waals surface area contributed by atoms with Gasteiger partial charge in [-0.3, -0.25) is 4.99 Å². The van der Waals surface area contributed by atoms with Crippen molar-refractivity contribution in [2.75, 3.05) is 26.1 Å². The summed E-state index contributed by atoms with van der Waals surface area (Å²) in [5.41, 5.74) is 0.973. The van der Waals surface area contributed by atoms with Gasteiger partial charge in [0, 0.05) is 17.0 Å². The van der Waals surface area contributed by atoms with E-state index in [1.54, 1.807) is 14.2 Å². The van der Waals surface area contributed by atoms with Crippen molar-refractivity contribution in [3.8, 4) is 11.5 Å². The van der Waals surface area contributed by atoms with Crippen LogP contribution in [0.3, 0.4) is 0 Å². The van der Waals surface area contributed by atoms with E-state index in [1.165, 1.54) is 12.8 Å². The predicted octanol–water partition coefficient (Wildman–Crippen LogP) is 3.39. The van der Waals surface area contributed by atoms with Crippen LogP contribution in [0, 0.1) is 0 Å². The third-order valence-electron chi connectivity index (χ3n) is 2.96. The Hall–Kier alpha value is -1.36. The minimum absolute atomic E-state index is 0.618. The molecule has 1 aromatic rings. The summed E-state index contributed by atoms with van der Waals surface area (Å²) < 4.78 is 10.5. The van der Waals surface area contributed by atoms with Crippen LogP contribution in [0.1, 0.15) is 19.8 Å². The summed E-state index contributed by atoms with van der Waals surface area (Å²) in [5, 5.41) is 4.94. The quantitative estimate of drug-likeness (QED) is 0.898. The number of rotatable bonds is 5. The van der Waals surface area contributed by atoms with Gasteiger partial charge >= 0.3 is 0 Å². The van der Waals surface area contributed by atoms with Crippen LogP contribution in [0.5, 0.6) is 11.5 Å². The van der Waals surface area contributed by atoms with Gasteiger partial charge in [0.1, 0.15) is 0 Å². The van der Waals surface area contributed by atoms with Gasteiger partial charge in [-0.1, -0.05) is 25.1 Å². The second kappa shape index (κ2) is 6.70. The second-order valence-corrected chi connectivity index (χ2v) is 5.66. The van der Waals surface area contributed by atoms with Gasteiger partial charge in [0.2, 0.25) is 0 Å². The summed E-state index contributed by atoms with van der Waals surface area (Å²) in [6, 6.07) is 5.79. The Morgan fingerprint density at radius 3 is 2.79 bits per heavy atom. The summed E-state index contributed by atoms with van der Waals surface area (Å²) in [6.07, 6.45) is 2.42. The zero-order valence-electron chi connectivity index (χ0n) is 11.6. The zero-order valence-corrected chi connectivity index (χ0v) is 12.4. The summed E-state index contributed by atoms with van der Waals surface area (Å²) in [6.45, 7) is 3.12. The Morgan fingerprint density at radius 1 is 1.32 bits per heavy atom. The van der Waals surface area contributed by atoms with Crippen molar-refractivity contribution in [1.29, 1.82) is 0 Å². The number of hydrogen-bond donors (Lipinski definition) is 1. The predicted molar refractivity (Wildman–Crippen MR) is 81.8 cm³/mol. The Bertz CT molecular complexity index is 463. The van der Waals surface area contributed by atoms with Crippen molar-refractivity contribution < 1.29 is 9.47 Å². The smallest absolute Gasteiger partial charge is 0.162 e. The molecule has 1 unspecified atom stereocenters. The van der Waals surface area contributed by atoms with Crippen LogP contribution in [0.25, 0.3) is 0 Å². The minimum Gasteiger partial charge on any atom is -0.493 e. The van der Waals surface area contributed by atoms with Crippen molar-refractivity contribution >= 4 is 22.6 Å². The molecule has 4 nitrogen and oxygen atoms in total. The Kier molecular flexibility index (Phi) is 4.96. The van der Waals surface area contributed by atoms with E-state index in [0.29, 0.717) is 5.25 Å². The van der Waals surface area contributed by atoms with Gasteiger partial charge < -0.3 is 14.8 Å². The summed E-state index contributed by atoms with van der Waals surface area (Å²) >= 11 is 1.82. The molecule has 0 saturated carbocycles. The average Bonchev–Trinajstić information content (AvgIpc) is 2.86. The fourth-order valence-corrected chi connectivity index (χ4v) is 3.14. The molecule has 1 aliphatic rings. The van der Waals surface area contributed by atoms with E-state index in [0.717, 1.165) is 28.9 Å². The highest BCUT2D eigenvalue weighted by Crippen LogP contribution is 2.31. The molecule has 0 saturated heterocycles. The lowest BCUT2D eigenvalue weighted by atomic mass is 10.2. The minimum atomic E-state index is 0.618. The molecular weight excluding hydrogens is 260 g/mol. The molecule has 5 heteroatoms. The van der Waals surface area contributed by atoms with Gasteiger partial charge in [-0.05, 0) is 18.6 Å². The molecule has 19 heavy (non-hydrogen) atoms. The van der Waals surface area contributed by atoms with E-state index in [9.17, 15) is 0 Å². The van der Waals surface area contributed by atoms with Crippen LogP contribution < -0.4 is 14.8 Å². The average molecular weight is 280 g/mol.